The Bertz CT molecular complexity index is 312. The van der Waals surface area contributed by atoms with Crippen molar-refractivity contribution in [2.45, 2.75) is 25.7 Å². The zero-order valence-corrected chi connectivity index (χ0v) is 9.32. The third-order valence-electron chi connectivity index (χ3n) is 3.93. The molecule has 2 fully saturated rings. The molecular weight excluding hydrogens is 208 g/mol. The summed E-state index contributed by atoms with van der Waals surface area (Å²) in [5, 5.41) is 9.17. The van der Waals surface area contributed by atoms with Crippen LogP contribution >= 0.6 is 0 Å². The molecule has 1 heterocycles. The van der Waals surface area contributed by atoms with Crippen LogP contribution in [0.15, 0.2) is 0 Å². The van der Waals surface area contributed by atoms with Crippen molar-refractivity contribution >= 4 is 11.9 Å². The quantitative estimate of drug-likeness (QED) is 0.666. The minimum absolute atomic E-state index is 0.192. The van der Waals surface area contributed by atoms with Gasteiger partial charge in [-0.2, -0.15) is 0 Å². The number of nitrogens with zero attached hydrogens (tertiary/aromatic N) is 1. The van der Waals surface area contributed by atoms with Crippen LogP contribution in [0.3, 0.4) is 0 Å². The summed E-state index contributed by atoms with van der Waals surface area (Å²) in [6.45, 7) is 1.87. The van der Waals surface area contributed by atoms with Gasteiger partial charge in [-0.25, -0.2) is 0 Å². The van der Waals surface area contributed by atoms with Crippen LogP contribution in [0.25, 0.3) is 0 Å². The molecule has 1 saturated heterocycles. The zero-order valence-electron chi connectivity index (χ0n) is 9.32. The van der Waals surface area contributed by atoms with Gasteiger partial charge in [0.25, 0.3) is 0 Å². The number of carboxylic acids is 1. The van der Waals surface area contributed by atoms with Crippen molar-refractivity contribution in [2.75, 3.05) is 19.6 Å². The number of carboxylic acid groups (broad SMARTS) is 1. The Morgan fingerprint density at radius 1 is 1.44 bits per heavy atom. The molecule has 0 aromatic rings. The van der Waals surface area contributed by atoms with Crippen LogP contribution in [-0.4, -0.2) is 41.5 Å². The van der Waals surface area contributed by atoms with Crippen molar-refractivity contribution in [3.05, 3.63) is 0 Å². The van der Waals surface area contributed by atoms with Gasteiger partial charge in [0, 0.05) is 13.1 Å². The molecule has 0 bridgehead atoms. The molecule has 1 aliphatic heterocycles. The number of aliphatic carboxylic acids is 1. The molecule has 16 heavy (non-hydrogen) atoms. The number of carbonyl (C=O) groups excluding carboxylic acids is 1. The number of nitrogens with two attached hydrogens (primary N) is 1. The highest BCUT2D eigenvalue weighted by molar-refractivity contribution is 6.02. The van der Waals surface area contributed by atoms with E-state index in [1.807, 2.05) is 0 Å². The summed E-state index contributed by atoms with van der Waals surface area (Å²) in [7, 11) is 0. The van der Waals surface area contributed by atoms with Crippen molar-refractivity contribution in [2.24, 2.45) is 17.1 Å². The second-order valence-corrected chi connectivity index (χ2v) is 4.88. The third kappa shape index (κ3) is 1.59. The van der Waals surface area contributed by atoms with E-state index in [4.69, 9.17) is 10.8 Å². The van der Waals surface area contributed by atoms with E-state index in [0.717, 1.165) is 12.8 Å². The first-order valence-electron chi connectivity index (χ1n) is 5.83. The molecule has 2 aliphatic rings. The molecule has 1 amide bonds. The highest BCUT2D eigenvalue weighted by atomic mass is 16.4. The number of carbonyl (C=O) groups is 2. The lowest BCUT2D eigenvalue weighted by molar-refractivity contribution is -0.166. The average molecular weight is 226 g/mol. The Balaban J connectivity index is 2.05. The van der Waals surface area contributed by atoms with E-state index >= 15 is 0 Å². The molecular formula is C11H18N2O3. The summed E-state index contributed by atoms with van der Waals surface area (Å²) < 4.78 is 0. The highest BCUT2D eigenvalue weighted by Gasteiger charge is 2.53. The minimum Gasteiger partial charge on any atom is -0.480 e. The molecule has 5 nitrogen and oxygen atoms in total. The van der Waals surface area contributed by atoms with Crippen LogP contribution in [-0.2, 0) is 9.59 Å². The molecule has 0 spiro atoms. The highest BCUT2D eigenvalue weighted by Crippen LogP contribution is 2.43. The number of likely N-dealkylation sites (tertiary alicyclic amines) is 1. The number of rotatable bonds is 3. The molecule has 0 aromatic heterocycles. The van der Waals surface area contributed by atoms with Crippen LogP contribution in [0.4, 0.5) is 0 Å². The lowest BCUT2D eigenvalue weighted by Crippen LogP contribution is -2.52. The fraction of sp³-hybridized carbons (Fsp3) is 0.818. The fourth-order valence-electron chi connectivity index (χ4n) is 2.56. The molecule has 3 N–H and O–H groups in total. The van der Waals surface area contributed by atoms with Crippen LogP contribution in [0.5, 0.6) is 0 Å². The third-order valence-corrected chi connectivity index (χ3v) is 3.93. The first-order valence-corrected chi connectivity index (χ1v) is 5.83. The second kappa shape index (κ2) is 4.05. The lowest BCUT2D eigenvalue weighted by atomic mass is 9.68. The van der Waals surface area contributed by atoms with E-state index in [-0.39, 0.29) is 5.91 Å². The molecule has 5 heteroatoms. The molecule has 1 saturated carbocycles. The Morgan fingerprint density at radius 3 is 2.50 bits per heavy atom. The minimum atomic E-state index is -1.11. The van der Waals surface area contributed by atoms with Crippen molar-refractivity contribution in [1.29, 1.82) is 0 Å². The van der Waals surface area contributed by atoms with Gasteiger partial charge in [0.15, 0.2) is 0 Å². The summed E-state index contributed by atoms with van der Waals surface area (Å²) in [6.07, 6.45) is 2.72. The van der Waals surface area contributed by atoms with Gasteiger partial charge in [-0.15, -0.1) is 0 Å². The van der Waals surface area contributed by atoms with Gasteiger partial charge in [-0.1, -0.05) is 6.42 Å². The van der Waals surface area contributed by atoms with Gasteiger partial charge in [-0.3, -0.25) is 9.59 Å². The number of hydrogen-bond acceptors (Lipinski definition) is 3. The van der Waals surface area contributed by atoms with E-state index in [0.29, 0.717) is 38.4 Å². The Hall–Kier alpha value is -1.10. The lowest BCUT2D eigenvalue weighted by Gasteiger charge is -2.38. The molecule has 90 valence electrons. The van der Waals surface area contributed by atoms with E-state index in [9.17, 15) is 9.59 Å². The van der Waals surface area contributed by atoms with Crippen LogP contribution in [0.2, 0.25) is 0 Å². The first-order chi connectivity index (χ1) is 7.60. The Morgan fingerprint density at radius 2 is 2.12 bits per heavy atom. The maximum absolute atomic E-state index is 12.2. The van der Waals surface area contributed by atoms with Gasteiger partial charge in [0.05, 0.1) is 0 Å². The maximum Gasteiger partial charge on any atom is 0.319 e. The van der Waals surface area contributed by atoms with Gasteiger partial charge < -0.3 is 15.7 Å². The van der Waals surface area contributed by atoms with E-state index in [1.165, 1.54) is 0 Å². The fourth-order valence-corrected chi connectivity index (χ4v) is 2.56. The van der Waals surface area contributed by atoms with E-state index in [1.54, 1.807) is 4.90 Å². The Kier molecular flexibility index (Phi) is 2.88. The van der Waals surface area contributed by atoms with Crippen molar-refractivity contribution in [3.63, 3.8) is 0 Å². The Labute approximate surface area is 94.6 Å². The van der Waals surface area contributed by atoms with Crippen LogP contribution < -0.4 is 5.73 Å². The van der Waals surface area contributed by atoms with Crippen molar-refractivity contribution in [1.82, 2.24) is 4.90 Å². The summed E-state index contributed by atoms with van der Waals surface area (Å²) in [4.78, 5) is 25.0. The van der Waals surface area contributed by atoms with E-state index < -0.39 is 11.4 Å². The topological polar surface area (TPSA) is 83.6 Å². The summed E-state index contributed by atoms with van der Waals surface area (Å²) in [5.41, 5.74) is 4.45. The predicted molar refractivity (Wildman–Crippen MR) is 57.7 cm³/mol. The van der Waals surface area contributed by atoms with Crippen molar-refractivity contribution in [3.8, 4) is 0 Å². The van der Waals surface area contributed by atoms with Crippen LogP contribution in [0, 0.1) is 11.3 Å². The first kappa shape index (κ1) is 11.4. The second-order valence-electron chi connectivity index (χ2n) is 4.88. The molecule has 1 unspecified atom stereocenters. The van der Waals surface area contributed by atoms with Gasteiger partial charge in [0.1, 0.15) is 5.41 Å². The number of hydrogen-bond donors (Lipinski definition) is 2. The zero-order chi connectivity index (χ0) is 11.8. The van der Waals surface area contributed by atoms with Gasteiger partial charge >= 0.3 is 5.97 Å². The normalized spacial score (nSPS) is 27.6. The number of amides is 1. The van der Waals surface area contributed by atoms with Gasteiger partial charge in [0.2, 0.25) is 5.91 Å². The van der Waals surface area contributed by atoms with E-state index in [2.05, 4.69) is 0 Å². The standard InChI is InChI=1S/C11H18N2O3/c12-6-8-2-5-13(7-8)9(14)11(10(15)16)3-1-4-11/h8H,1-7,12H2,(H,15,16). The largest absolute Gasteiger partial charge is 0.480 e. The van der Waals surface area contributed by atoms with Crippen LogP contribution in [0.1, 0.15) is 25.7 Å². The summed E-state index contributed by atoms with van der Waals surface area (Å²) in [5.74, 6) is -0.808. The maximum atomic E-state index is 12.2. The molecule has 0 aromatic carbocycles. The monoisotopic (exact) mass is 226 g/mol. The molecule has 1 atom stereocenters. The summed E-state index contributed by atoms with van der Waals surface area (Å²) >= 11 is 0. The van der Waals surface area contributed by atoms with Gasteiger partial charge in [-0.05, 0) is 31.7 Å². The molecule has 0 radical (unpaired) electrons. The predicted octanol–water partition coefficient (Wildman–Crippen LogP) is 0.0485. The SMILES string of the molecule is NCC1CCN(C(=O)C2(C(=O)O)CCC2)C1. The van der Waals surface area contributed by atoms with Crippen molar-refractivity contribution < 1.29 is 14.7 Å². The summed E-state index contributed by atoms with van der Waals surface area (Å²) in [6, 6.07) is 0. The average Bonchev–Trinajstić information content (AvgIpc) is 2.62. The smallest absolute Gasteiger partial charge is 0.319 e. The molecule has 1 aliphatic carbocycles. The molecule has 2 rings (SSSR count).